The highest BCUT2D eigenvalue weighted by atomic mass is 35.5. The van der Waals surface area contributed by atoms with Crippen LogP contribution in [-0.2, 0) is 6.18 Å². The zero-order valence-electron chi connectivity index (χ0n) is 9.72. The summed E-state index contributed by atoms with van der Waals surface area (Å²) in [5.41, 5.74) is -0.758. The lowest BCUT2D eigenvalue weighted by molar-refractivity contribution is -0.137. The summed E-state index contributed by atoms with van der Waals surface area (Å²) in [5, 5.41) is 0.0272. The van der Waals surface area contributed by atoms with E-state index in [1.807, 2.05) is 0 Å². The first-order chi connectivity index (χ1) is 8.79. The number of thiophene rings is 1. The van der Waals surface area contributed by atoms with Crippen LogP contribution in [0.15, 0.2) is 30.3 Å². The molecule has 1 aromatic heterocycles. The van der Waals surface area contributed by atoms with Crippen LogP contribution >= 0.6 is 22.9 Å². The van der Waals surface area contributed by atoms with Crippen molar-refractivity contribution in [2.75, 3.05) is 0 Å². The van der Waals surface area contributed by atoms with E-state index < -0.39 is 11.7 Å². The van der Waals surface area contributed by atoms with Crippen molar-refractivity contribution in [3.63, 3.8) is 0 Å². The van der Waals surface area contributed by atoms with Crippen LogP contribution in [0.5, 0.6) is 0 Å². The van der Waals surface area contributed by atoms with Crippen LogP contribution in [0, 0.1) is 0 Å². The Balaban J connectivity index is 2.58. The van der Waals surface area contributed by atoms with Gasteiger partial charge in [0.2, 0.25) is 0 Å². The third kappa shape index (κ3) is 2.98. The van der Waals surface area contributed by atoms with Gasteiger partial charge in [0.05, 0.1) is 10.4 Å². The molecule has 0 radical (unpaired) electrons. The Hall–Kier alpha value is -1.33. The second kappa shape index (κ2) is 4.98. The van der Waals surface area contributed by atoms with E-state index in [1.165, 1.54) is 31.2 Å². The molecule has 0 unspecified atom stereocenters. The van der Waals surface area contributed by atoms with E-state index >= 15 is 0 Å². The van der Waals surface area contributed by atoms with E-state index in [-0.39, 0.29) is 16.4 Å². The molecule has 2 aromatic rings. The first-order valence-corrected chi connectivity index (χ1v) is 6.46. The highest BCUT2D eigenvalue weighted by molar-refractivity contribution is 7.17. The second-order valence-electron chi connectivity index (χ2n) is 3.91. The molecule has 100 valence electrons. The number of Topliss-reactive ketones (excluding diaryl/α,β-unsaturated/α-hetero) is 1. The summed E-state index contributed by atoms with van der Waals surface area (Å²) in [6.45, 7) is 1.38. The minimum atomic E-state index is -4.49. The van der Waals surface area contributed by atoms with Gasteiger partial charge in [0, 0.05) is 15.5 Å². The van der Waals surface area contributed by atoms with Crippen LogP contribution in [0.2, 0.25) is 5.02 Å². The SMILES string of the molecule is CC(=O)c1ccc(-c2ccc(Cl)cc2C(F)(F)F)s1. The molecule has 1 nitrogen and oxygen atoms in total. The molecule has 2 rings (SSSR count). The van der Waals surface area contributed by atoms with Gasteiger partial charge in [-0.25, -0.2) is 0 Å². The minimum Gasteiger partial charge on any atom is -0.294 e. The monoisotopic (exact) mass is 304 g/mol. The molecule has 0 amide bonds. The van der Waals surface area contributed by atoms with Gasteiger partial charge >= 0.3 is 6.18 Å². The molecule has 0 aliphatic heterocycles. The largest absolute Gasteiger partial charge is 0.417 e. The molecule has 0 N–H and O–H groups in total. The fourth-order valence-electron chi connectivity index (χ4n) is 1.64. The van der Waals surface area contributed by atoms with Crippen molar-refractivity contribution in [3.05, 3.63) is 45.8 Å². The lowest BCUT2D eigenvalue weighted by atomic mass is 10.1. The lowest BCUT2D eigenvalue weighted by Gasteiger charge is -2.12. The molecule has 1 heterocycles. The average Bonchev–Trinajstić information content (AvgIpc) is 2.77. The third-order valence-corrected chi connectivity index (χ3v) is 3.96. The van der Waals surface area contributed by atoms with E-state index in [9.17, 15) is 18.0 Å². The van der Waals surface area contributed by atoms with Crippen LogP contribution in [0.1, 0.15) is 22.2 Å². The topological polar surface area (TPSA) is 17.1 Å². The predicted octanol–water partition coefficient (Wildman–Crippen LogP) is 5.29. The molecule has 0 bridgehead atoms. The summed E-state index contributed by atoms with van der Waals surface area (Å²) in [7, 11) is 0. The van der Waals surface area contributed by atoms with Gasteiger partial charge in [-0.3, -0.25) is 4.79 Å². The van der Waals surface area contributed by atoms with Crippen molar-refractivity contribution in [1.82, 2.24) is 0 Å². The van der Waals surface area contributed by atoms with E-state index in [4.69, 9.17) is 11.6 Å². The number of alkyl halides is 3. The summed E-state index contributed by atoms with van der Waals surface area (Å²) in [6, 6.07) is 6.65. The van der Waals surface area contributed by atoms with Crippen molar-refractivity contribution in [3.8, 4) is 10.4 Å². The normalized spacial score (nSPS) is 11.6. The van der Waals surface area contributed by atoms with Crippen LogP contribution in [0.25, 0.3) is 10.4 Å². The zero-order chi connectivity index (χ0) is 14.2. The van der Waals surface area contributed by atoms with Crippen molar-refractivity contribution < 1.29 is 18.0 Å². The van der Waals surface area contributed by atoms with E-state index in [0.717, 1.165) is 17.4 Å². The van der Waals surface area contributed by atoms with Gasteiger partial charge in [-0.05, 0) is 31.2 Å². The first-order valence-electron chi connectivity index (χ1n) is 5.27. The smallest absolute Gasteiger partial charge is 0.294 e. The van der Waals surface area contributed by atoms with E-state index in [1.54, 1.807) is 0 Å². The quantitative estimate of drug-likeness (QED) is 0.689. The van der Waals surface area contributed by atoms with Crippen molar-refractivity contribution >= 4 is 28.7 Å². The summed E-state index contributed by atoms with van der Waals surface area (Å²) in [5.74, 6) is -0.168. The molecule has 0 saturated carbocycles. The molecule has 0 aliphatic rings. The maximum absolute atomic E-state index is 13.0. The number of halogens is 4. The van der Waals surface area contributed by atoms with Crippen molar-refractivity contribution in [1.29, 1.82) is 0 Å². The molecule has 0 spiro atoms. The van der Waals surface area contributed by atoms with Crippen molar-refractivity contribution in [2.24, 2.45) is 0 Å². The Kier molecular flexibility index (Phi) is 3.69. The number of hydrogen-bond acceptors (Lipinski definition) is 2. The van der Waals surface area contributed by atoms with Crippen molar-refractivity contribution in [2.45, 2.75) is 13.1 Å². The van der Waals surface area contributed by atoms with Crippen LogP contribution in [0.3, 0.4) is 0 Å². The summed E-state index contributed by atoms with van der Waals surface area (Å²) >= 11 is 6.65. The van der Waals surface area contributed by atoms with Crippen LogP contribution in [-0.4, -0.2) is 5.78 Å². The number of carbonyl (C=O) groups is 1. The second-order valence-corrected chi connectivity index (χ2v) is 5.43. The Morgan fingerprint density at radius 3 is 2.42 bits per heavy atom. The maximum atomic E-state index is 13.0. The molecular weight excluding hydrogens is 297 g/mol. The molecule has 6 heteroatoms. The zero-order valence-corrected chi connectivity index (χ0v) is 11.3. The molecule has 19 heavy (non-hydrogen) atoms. The molecule has 0 aliphatic carbocycles. The van der Waals surface area contributed by atoms with Crippen LogP contribution < -0.4 is 0 Å². The molecule has 0 saturated heterocycles. The maximum Gasteiger partial charge on any atom is 0.417 e. The Bertz CT molecular complexity index is 631. The van der Waals surface area contributed by atoms with Crippen LogP contribution in [0.4, 0.5) is 13.2 Å². The molecule has 0 fully saturated rings. The molecular formula is C13H8ClF3OS. The van der Waals surface area contributed by atoms with Gasteiger partial charge in [0.25, 0.3) is 0 Å². The van der Waals surface area contributed by atoms with Gasteiger partial charge in [-0.1, -0.05) is 17.7 Å². The van der Waals surface area contributed by atoms with E-state index in [0.29, 0.717) is 9.75 Å². The molecule has 1 aromatic carbocycles. The Labute approximate surface area is 116 Å². The van der Waals surface area contributed by atoms with Gasteiger partial charge in [0.1, 0.15) is 0 Å². The number of benzene rings is 1. The van der Waals surface area contributed by atoms with E-state index in [2.05, 4.69) is 0 Å². The average molecular weight is 305 g/mol. The number of carbonyl (C=O) groups excluding carboxylic acids is 1. The molecule has 0 atom stereocenters. The summed E-state index contributed by atoms with van der Waals surface area (Å²) < 4.78 is 38.9. The van der Waals surface area contributed by atoms with Gasteiger partial charge in [0.15, 0.2) is 5.78 Å². The standard InChI is InChI=1S/C13H8ClF3OS/c1-7(18)11-4-5-12(19-11)9-3-2-8(14)6-10(9)13(15,16)17/h2-6H,1H3. The fourth-order valence-corrected chi connectivity index (χ4v) is 2.75. The number of hydrogen-bond donors (Lipinski definition) is 0. The number of rotatable bonds is 2. The van der Waals surface area contributed by atoms with Gasteiger partial charge in [-0.15, -0.1) is 11.3 Å². The highest BCUT2D eigenvalue weighted by Crippen LogP contribution is 2.40. The summed E-state index contributed by atoms with van der Waals surface area (Å²) in [6.07, 6.45) is -4.49. The minimum absolute atomic E-state index is 0.0272. The Morgan fingerprint density at radius 1 is 1.21 bits per heavy atom. The number of ketones is 1. The predicted molar refractivity (Wildman–Crippen MR) is 69.8 cm³/mol. The summed E-state index contributed by atoms with van der Waals surface area (Å²) in [4.78, 5) is 12.0. The third-order valence-electron chi connectivity index (χ3n) is 2.51. The first kappa shape index (κ1) is 14.1. The van der Waals surface area contributed by atoms with Gasteiger partial charge in [-0.2, -0.15) is 13.2 Å². The lowest BCUT2D eigenvalue weighted by Crippen LogP contribution is -2.06. The fraction of sp³-hybridized carbons (Fsp3) is 0.154. The van der Waals surface area contributed by atoms with Gasteiger partial charge < -0.3 is 0 Å². The highest BCUT2D eigenvalue weighted by Gasteiger charge is 2.34. The Morgan fingerprint density at radius 2 is 1.89 bits per heavy atom.